The summed E-state index contributed by atoms with van der Waals surface area (Å²) in [4.78, 5) is 11.5. The van der Waals surface area contributed by atoms with E-state index in [1.807, 2.05) is 12.1 Å². The molecule has 5 nitrogen and oxygen atoms in total. The maximum atomic E-state index is 12.5. The number of carboxylic acid groups (broad SMARTS) is 1. The van der Waals surface area contributed by atoms with Gasteiger partial charge in [0, 0.05) is 13.1 Å². The van der Waals surface area contributed by atoms with Gasteiger partial charge in [0.2, 0.25) is 10.0 Å². The van der Waals surface area contributed by atoms with Crippen molar-refractivity contribution in [2.45, 2.75) is 31.7 Å². The summed E-state index contributed by atoms with van der Waals surface area (Å²) >= 11 is 0. The standard InChI is InChI=1S/C15H19NO4S/c17-15(18)14-9-16(8-12-6-1-2-7-13(12)14)21(19,20)10-11-4-3-5-11/h1-2,6-7,11,14H,3-5,8-10H2,(H,17,18). The fourth-order valence-electron chi connectivity index (χ4n) is 3.06. The molecule has 0 saturated heterocycles. The predicted molar refractivity (Wildman–Crippen MR) is 78.4 cm³/mol. The van der Waals surface area contributed by atoms with Crippen LogP contribution in [-0.4, -0.2) is 36.1 Å². The summed E-state index contributed by atoms with van der Waals surface area (Å²) in [5, 5.41) is 9.39. The zero-order valence-corrected chi connectivity index (χ0v) is 12.6. The molecule has 0 amide bonds. The van der Waals surface area contributed by atoms with E-state index in [1.54, 1.807) is 12.1 Å². The number of rotatable bonds is 4. The van der Waals surface area contributed by atoms with Crippen LogP contribution in [0.2, 0.25) is 0 Å². The van der Waals surface area contributed by atoms with Crippen molar-refractivity contribution >= 4 is 16.0 Å². The van der Waals surface area contributed by atoms with Crippen LogP contribution in [0.5, 0.6) is 0 Å². The summed E-state index contributed by atoms with van der Waals surface area (Å²) in [7, 11) is -3.38. The Kier molecular flexibility index (Phi) is 3.75. The van der Waals surface area contributed by atoms with Crippen molar-refractivity contribution in [3.8, 4) is 0 Å². The number of hydrogen-bond donors (Lipinski definition) is 1. The van der Waals surface area contributed by atoms with Gasteiger partial charge in [-0.25, -0.2) is 8.42 Å². The molecule has 114 valence electrons. The van der Waals surface area contributed by atoms with Gasteiger partial charge in [-0.1, -0.05) is 30.7 Å². The molecule has 1 aliphatic heterocycles. The summed E-state index contributed by atoms with van der Waals surface area (Å²) in [6.07, 6.45) is 3.03. The van der Waals surface area contributed by atoms with Crippen LogP contribution < -0.4 is 0 Å². The van der Waals surface area contributed by atoms with Crippen LogP contribution in [0, 0.1) is 5.92 Å². The van der Waals surface area contributed by atoms with Crippen molar-refractivity contribution in [3.63, 3.8) is 0 Å². The number of hydrogen-bond acceptors (Lipinski definition) is 3. The molecular weight excluding hydrogens is 290 g/mol. The lowest BCUT2D eigenvalue weighted by Gasteiger charge is -2.34. The zero-order valence-electron chi connectivity index (χ0n) is 11.7. The van der Waals surface area contributed by atoms with Gasteiger partial charge in [-0.05, 0) is 29.9 Å². The van der Waals surface area contributed by atoms with E-state index in [0.717, 1.165) is 30.4 Å². The van der Waals surface area contributed by atoms with Gasteiger partial charge in [-0.15, -0.1) is 0 Å². The first-order valence-electron chi connectivity index (χ1n) is 7.26. The lowest BCUT2D eigenvalue weighted by Crippen LogP contribution is -2.43. The number of aliphatic carboxylic acids is 1. The van der Waals surface area contributed by atoms with Crippen LogP contribution in [0.4, 0.5) is 0 Å². The molecule has 1 aromatic carbocycles. The van der Waals surface area contributed by atoms with Crippen molar-refractivity contribution in [1.82, 2.24) is 4.31 Å². The van der Waals surface area contributed by atoms with Crippen LogP contribution in [0.25, 0.3) is 0 Å². The molecule has 0 radical (unpaired) electrons. The highest BCUT2D eigenvalue weighted by atomic mass is 32.2. The lowest BCUT2D eigenvalue weighted by atomic mass is 9.87. The topological polar surface area (TPSA) is 74.7 Å². The fraction of sp³-hybridized carbons (Fsp3) is 0.533. The molecule has 1 saturated carbocycles. The SMILES string of the molecule is O=C(O)C1CN(S(=O)(=O)CC2CCC2)Cc2ccccc21. The molecule has 1 heterocycles. The number of carbonyl (C=O) groups is 1. The third-order valence-electron chi connectivity index (χ3n) is 4.53. The molecule has 3 rings (SSSR count). The van der Waals surface area contributed by atoms with Gasteiger partial charge in [-0.3, -0.25) is 4.79 Å². The summed E-state index contributed by atoms with van der Waals surface area (Å²) in [6, 6.07) is 7.22. The number of benzene rings is 1. The normalized spacial score (nSPS) is 23.3. The highest BCUT2D eigenvalue weighted by Crippen LogP contribution is 2.33. The highest BCUT2D eigenvalue weighted by molar-refractivity contribution is 7.89. The average molecular weight is 309 g/mol. The third kappa shape index (κ3) is 2.82. The Morgan fingerprint density at radius 3 is 2.62 bits per heavy atom. The Bertz CT molecular complexity index is 651. The Morgan fingerprint density at radius 1 is 1.29 bits per heavy atom. The Balaban J connectivity index is 1.87. The van der Waals surface area contributed by atoms with E-state index in [4.69, 9.17) is 0 Å². The minimum atomic E-state index is -3.38. The largest absolute Gasteiger partial charge is 0.481 e. The quantitative estimate of drug-likeness (QED) is 0.920. The van der Waals surface area contributed by atoms with Gasteiger partial charge in [0.15, 0.2) is 0 Å². The smallest absolute Gasteiger partial charge is 0.312 e. The van der Waals surface area contributed by atoms with E-state index < -0.39 is 21.9 Å². The summed E-state index contributed by atoms with van der Waals surface area (Å²) in [6.45, 7) is 0.330. The van der Waals surface area contributed by atoms with Gasteiger partial charge in [0.05, 0.1) is 11.7 Å². The van der Waals surface area contributed by atoms with Crippen molar-refractivity contribution in [1.29, 1.82) is 0 Å². The lowest BCUT2D eigenvalue weighted by molar-refractivity contribution is -0.139. The molecule has 1 N–H and O–H groups in total. The molecule has 1 atom stereocenters. The van der Waals surface area contributed by atoms with Gasteiger partial charge >= 0.3 is 5.97 Å². The van der Waals surface area contributed by atoms with Crippen molar-refractivity contribution < 1.29 is 18.3 Å². The van der Waals surface area contributed by atoms with E-state index in [-0.39, 0.29) is 24.8 Å². The second-order valence-electron chi connectivity index (χ2n) is 5.96. The van der Waals surface area contributed by atoms with Gasteiger partial charge in [0.1, 0.15) is 0 Å². The maximum absolute atomic E-state index is 12.5. The monoisotopic (exact) mass is 309 g/mol. The van der Waals surface area contributed by atoms with E-state index in [9.17, 15) is 18.3 Å². The first-order valence-corrected chi connectivity index (χ1v) is 8.87. The Hall–Kier alpha value is -1.40. The van der Waals surface area contributed by atoms with Crippen LogP contribution in [0.1, 0.15) is 36.3 Å². The van der Waals surface area contributed by atoms with E-state index in [0.29, 0.717) is 0 Å². The van der Waals surface area contributed by atoms with Crippen molar-refractivity contribution in [2.75, 3.05) is 12.3 Å². The van der Waals surface area contributed by atoms with Gasteiger partial charge < -0.3 is 5.11 Å². The molecule has 21 heavy (non-hydrogen) atoms. The molecular formula is C15H19NO4S. The second kappa shape index (κ2) is 5.42. The fourth-order valence-corrected chi connectivity index (χ4v) is 4.91. The Labute approximate surface area is 124 Å². The predicted octanol–water partition coefficient (Wildman–Crippen LogP) is 1.80. The number of nitrogens with zero attached hydrogens (tertiary/aromatic N) is 1. The van der Waals surface area contributed by atoms with Crippen molar-refractivity contribution in [2.24, 2.45) is 5.92 Å². The molecule has 1 unspecified atom stereocenters. The van der Waals surface area contributed by atoms with Crippen molar-refractivity contribution in [3.05, 3.63) is 35.4 Å². The number of fused-ring (bicyclic) bond motifs is 1. The molecule has 2 aliphatic rings. The Morgan fingerprint density at radius 2 is 2.00 bits per heavy atom. The molecule has 1 fully saturated rings. The molecule has 0 bridgehead atoms. The van der Waals surface area contributed by atoms with Crippen LogP contribution in [0.15, 0.2) is 24.3 Å². The minimum absolute atomic E-state index is 0.0431. The first-order chi connectivity index (χ1) is 9.97. The highest BCUT2D eigenvalue weighted by Gasteiger charge is 2.37. The maximum Gasteiger partial charge on any atom is 0.312 e. The summed E-state index contributed by atoms with van der Waals surface area (Å²) in [5.41, 5.74) is 1.54. The van der Waals surface area contributed by atoms with E-state index >= 15 is 0 Å². The number of carboxylic acids is 1. The van der Waals surface area contributed by atoms with E-state index in [2.05, 4.69) is 0 Å². The summed E-state index contributed by atoms with van der Waals surface area (Å²) in [5.74, 6) is -1.34. The van der Waals surface area contributed by atoms with Gasteiger partial charge in [-0.2, -0.15) is 4.31 Å². The molecule has 0 spiro atoms. The first kappa shape index (κ1) is 14.5. The summed E-state index contributed by atoms with van der Waals surface area (Å²) < 4.78 is 26.4. The molecule has 6 heteroatoms. The van der Waals surface area contributed by atoms with E-state index in [1.165, 1.54) is 4.31 Å². The average Bonchev–Trinajstić information content (AvgIpc) is 2.41. The number of sulfonamides is 1. The zero-order chi connectivity index (χ0) is 15.0. The van der Waals surface area contributed by atoms with Crippen LogP contribution >= 0.6 is 0 Å². The van der Waals surface area contributed by atoms with Crippen LogP contribution in [0.3, 0.4) is 0 Å². The molecule has 0 aromatic heterocycles. The minimum Gasteiger partial charge on any atom is -0.481 e. The third-order valence-corrected chi connectivity index (χ3v) is 6.48. The molecule has 1 aromatic rings. The van der Waals surface area contributed by atoms with Crippen LogP contribution in [-0.2, 0) is 21.4 Å². The second-order valence-corrected chi connectivity index (χ2v) is 7.97. The molecule has 1 aliphatic carbocycles. The van der Waals surface area contributed by atoms with Gasteiger partial charge in [0.25, 0.3) is 0 Å².